The van der Waals surface area contributed by atoms with Gasteiger partial charge in [-0.15, -0.1) is 0 Å². The second-order valence-electron chi connectivity index (χ2n) is 10.4. The minimum absolute atomic E-state index is 0.0293. The Bertz CT molecular complexity index is 1100. The lowest BCUT2D eigenvalue weighted by Gasteiger charge is -2.49. The molecule has 36 heavy (non-hydrogen) atoms. The smallest absolute Gasteiger partial charge is 0.127 e. The molecule has 2 fully saturated rings. The molecule has 2 aromatic carbocycles. The highest BCUT2D eigenvalue weighted by Crippen LogP contribution is 2.46. The minimum atomic E-state index is -0.475. The highest BCUT2D eigenvalue weighted by molar-refractivity contribution is 9.10. The minimum Gasteiger partial charge on any atom is -0.496 e. The molecule has 3 heterocycles. The summed E-state index contributed by atoms with van der Waals surface area (Å²) >= 11 is 3.57. The molecule has 0 bridgehead atoms. The van der Waals surface area contributed by atoms with Gasteiger partial charge in [0.1, 0.15) is 18.7 Å². The van der Waals surface area contributed by atoms with Crippen LogP contribution < -0.4 is 10.1 Å². The van der Waals surface area contributed by atoms with Crippen molar-refractivity contribution in [1.82, 2.24) is 4.90 Å². The van der Waals surface area contributed by atoms with Crippen molar-refractivity contribution < 1.29 is 18.6 Å². The Morgan fingerprint density at radius 1 is 1.25 bits per heavy atom. The summed E-state index contributed by atoms with van der Waals surface area (Å²) in [5.41, 5.74) is 4.69. The first-order valence-electron chi connectivity index (χ1n) is 12.8. The number of methoxy groups -OCH3 is 1. The van der Waals surface area contributed by atoms with Gasteiger partial charge in [0.2, 0.25) is 0 Å². The van der Waals surface area contributed by atoms with Crippen LogP contribution >= 0.6 is 15.9 Å². The summed E-state index contributed by atoms with van der Waals surface area (Å²) in [5.74, 6) is 0.785. The summed E-state index contributed by atoms with van der Waals surface area (Å²) < 4.78 is 32.3. The molecule has 0 aliphatic carbocycles. The van der Waals surface area contributed by atoms with Crippen LogP contribution in [-0.4, -0.2) is 63.5 Å². The van der Waals surface area contributed by atoms with Crippen LogP contribution in [0.5, 0.6) is 5.75 Å². The Morgan fingerprint density at radius 2 is 2.06 bits per heavy atom. The maximum absolute atomic E-state index is 14.2. The largest absolute Gasteiger partial charge is 0.496 e. The fourth-order valence-electron chi connectivity index (χ4n) is 5.82. The second-order valence-corrected chi connectivity index (χ2v) is 11.3. The maximum Gasteiger partial charge on any atom is 0.127 e. The van der Waals surface area contributed by atoms with E-state index in [1.54, 1.807) is 7.11 Å². The number of ether oxygens (including phenoxy) is 3. The molecule has 6 nitrogen and oxygen atoms in total. The number of hydrogen-bond donors (Lipinski definition) is 2. The highest BCUT2D eigenvalue weighted by Gasteiger charge is 2.45. The van der Waals surface area contributed by atoms with E-state index in [2.05, 4.69) is 51.3 Å². The van der Waals surface area contributed by atoms with Crippen molar-refractivity contribution in [2.24, 2.45) is 5.41 Å². The molecule has 3 atom stereocenters. The molecule has 0 amide bonds. The zero-order valence-corrected chi connectivity index (χ0v) is 22.6. The van der Waals surface area contributed by atoms with Gasteiger partial charge in [0, 0.05) is 46.7 Å². The van der Waals surface area contributed by atoms with Crippen LogP contribution in [0.25, 0.3) is 0 Å². The highest BCUT2D eigenvalue weighted by atomic mass is 79.9. The summed E-state index contributed by atoms with van der Waals surface area (Å²) in [4.78, 5) is 2.40. The first-order chi connectivity index (χ1) is 17.5. The lowest BCUT2D eigenvalue weighted by molar-refractivity contribution is -0.143. The summed E-state index contributed by atoms with van der Waals surface area (Å²) in [5, 5.41) is 11.9. The predicted octanol–water partition coefficient (Wildman–Crippen LogP) is 5.72. The van der Waals surface area contributed by atoms with Crippen molar-refractivity contribution in [1.29, 1.82) is 5.41 Å². The van der Waals surface area contributed by atoms with E-state index >= 15 is 0 Å². The van der Waals surface area contributed by atoms with E-state index < -0.39 is 12.1 Å². The van der Waals surface area contributed by atoms with E-state index in [4.69, 9.17) is 19.6 Å². The van der Waals surface area contributed by atoms with Gasteiger partial charge in [-0.3, -0.25) is 9.29 Å². The van der Waals surface area contributed by atoms with Gasteiger partial charge in [0.25, 0.3) is 0 Å². The van der Waals surface area contributed by atoms with E-state index in [1.165, 1.54) is 6.21 Å². The van der Waals surface area contributed by atoms with Crippen LogP contribution in [-0.2, 0) is 15.9 Å². The molecular weight excluding hydrogens is 525 g/mol. The van der Waals surface area contributed by atoms with Crippen LogP contribution in [0, 0.1) is 10.8 Å². The van der Waals surface area contributed by atoms with Gasteiger partial charge in [0.15, 0.2) is 0 Å². The van der Waals surface area contributed by atoms with E-state index in [0.29, 0.717) is 19.8 Å². The molecule has 3 aliphatic heterocycles. The third-order valence-corrected chi connectivity index (χ3v) is 8.33. The standard InChI is InChI=1S/C28H35BrFN3O3/c1-18-11-22-20(8-9-24(23(22)13-31)32-26-5-3-4-10-36-26)27(21-7-6-19(29)12-25(21)34-2)33(18)15-28(14-30)16-35-17-28/h6-9,12-13,18,26-27,31-32H,3-5,10-11,14-17H2,1-2H3/t18-,26?,27+/m1/s1. The quantitative estimate of drug-likeness (QED) is 0.405. The number of anilines is 1. The average Bonchev–Trinajstić information content (AvgIpc) is 2.87. The number of nitrogens with one attached hydrogen (secondary N) is 2. The zero-order chi connectivity index (χ0) is 25.3. The monoisotopic (exact) mass is 559 g/mol. The molecule has 2 saturated heterocycles. The second kappa shape index (κ2) is 10.8. The third kappa shape index (κ3) is 4.80. The fourth-order valence-corrected chi connectivity index (χ4v) is 6.16. The molecule has 1 unspecified atom stereocenters. The fraction of sp³-hybridized carbons (Fsp3) is 0.536. The zero-order valence-electron chi connectivity index (χ0n) is 21.0. The number of rotatable bonds is 8. The molecule has 2 aromatic rings. The molecule has 0 saturated carbocycles. The van der Waals surface area contributed by atoms with Crippen molar-refractivity contribution >= 4 is 27.8 Å². The molecular formula is C28H35BrFN3O3. The summed E-state index contributed by atoms with van der Waals surface area (Å²) in [6, 6.07) is 10.3. The van der Waals surface area contributed by atoms with Gasteiger partial charge in [-0.05, 0) is 61.9 Å². The number of nitrogens with zero attached hydrogens (tertiary/aromatic N) is 1. The number of fused-ring (bicyclic) bond motifs is 1. The number of halogens is 2. The molecule has 5 rings (SSSR count). The first kappa shape index (κ1) is 25.6. The number of hydrogen-bond acceptors (Lipinski definition) is 6. The van der Waals surface area contributed by atoms with Crippen LogP contribution in [0.1, 0.15) is 54.5 Å². The number of benzene rings is 2. The lowest BCUT2D eigenvalue weighted by Crippen LogP contribution is -2.56. The molecule has 8 heteroatoms. The van der Waals surface area contributed by atoms with Gasteiger partial charge in [0.05, 0.1) is 31.8 Å². The maximum atomic E-state index is 14.2. The molecule has 0 aromatic heterocycles. The Hall–Kier alpha value is -2.00. The molecule has 194 valence electrons. The number of alkyl halides is 1. The molecule has 0 spiro atoms. The van der Waals surface area contributed by atoms with E-state index in [1.807, 2.05) is 12.1 Å². The Balaban J connectivity index is 1.60. The van der Waals surface area contributed by atoms with Crippen molar-refractivity contribution in [3.05, 3.63) is 57.1 Å². The first-order valence-corrected chi connectivity index (χ1v) is 13.5. The topological polar surface area (TPSA) is 66.8 Å². The average molecular weight is 561 g/mol. The van der Waals surface area contributed by atoms with Gasteiger partial charge >= 0.3 is 0 Å². The normalized spacial score (nSPS) is 25.5. The Morgan fingerprint density at radius 3 is 2.69 bits per heavy atom. The summed E-state index contributed by atoms with van der Waals surface area (Å²) in [7, 11) is 1.69. The molecule has 0 radical (unpaired) electrons. The van der Waals surface area contributed by atoms with Crippen LogP contribution in [0.2, 0.25) is 0 Å². The predicted molar refractivity (Wildman–Crippen MR) is 143 cm³/mol. The van der Waals surface area contributed by atoms with Crippen LogP contribution in [0.4, 0.5) is 10.1 Å². The van der Waals surface area contributed by atoms with Crippen LogP contribution in [0.15, 0.2) is 34.8 Å². The van der Waals surface area contributed by atoms with Gasteiger partial charge in [-0.1, -0.05) is 28.1 Å². The van der Waals surface area contributed by atoms with Gasteiger partial charge in [-0.25, -0.2) is 0 Å². The van der Waals surface area contributed by atoms with Crippen molar-refractivity contribution in [2.75, 3.05) is 45.5 Å². The van der Waals surface area contributed by atoms with Crippen LogP contribution in [0.3, 0.4) is 0 Å². The summed E-state index contributed by atoms with van der Waals surface area (Å²) in [6.07, 6.45) is 5.41. The Kier molecular flexibility index (Phi) is 7.67. The van der Waals surface area contributed by atoms with Gasteiger partial charge in [-0.2, -0.15) is 0 Å². The van der Waals surface area contributed by atoms with Crippen molar-refractivity contribution in [3.63, 3.8) is 0 Å². The van der Waals surface area contributed by atoms with E-state index in [-0.39, 0.29) is 18.3 Å². The van der Waals surface area contributed by atoms with Crippen molar-refractivity contribution in [2.45, 2.75) is 50.9 Å². The molecule has 2 N–H and O–H groups in total. The SMILES string of the molecule is COc1cc(Br)ccc1[C@@H]1c2ccc(NC3CCCCO3)c(C=N)c2C[C@@H](C)N1CC1(CF)COC1. The third-order valence-electron chi connectivity index (χ3n) is 7.83. The van der Waals surface area contributed by atoms with E-state index in [9.17, 15) is 4.39 Å². The lowest BCUT2D eigenvalue weighted by atomic mass is 9.79. The van der Waals surface area contributed by atoms with Gasteiger partial charge < -0.3 is 24.9 Å². The molecule has 3 aliphatic rings. The van der Waals surface area contributed by atoms with E-state index in [0.717, 1.165) is 70.5 Å². The summed E-state index contributed by atoms with van der Waals surface area (Å²) in [6.45, 7) is 4.05. The van der Waals surface area contributed by atoms with Crippen molar-refractivity contribution in [3.8, 4) is 5.75 Å². The Labute approximate surface area is 221 Å².